The van der Waals surface area contributed by atoms with Crippen LogP contribution in [0.3, 0.4) is 0 Å². The lowest BCUT2D eigenvalue weighted by atomic mass is 10.1. The number of nitrogens with zero attached hydrogens (tertiary/aromatic N) is 2. The van der Waals surface area contributed by atoms with Gasteiger partial charge in [0.05, 0.1) is 12.3 Å². The minimum atomic E-state index is 0.457. The molecule has 2 aromatic rings. The third-order valence-electron chi connectivity index (χ3n) is 3.56. The number of anilines is 2. The van der Waals surface area contributed by atoms with Crippen LogP contribution in [0.15, 0.2) is 23.6 Å². The second-order valence-electron chi connectivity index (χ2n) is 5.81. The molecule has 0 radical (unpaired) electrons. The first-order valence-electron chi connectivity index (χ1n) is 7.33. The minimum Gasteiger partial charge on any atom is -0.476 e. The second-order valence-corrected chi connectivity index (χ2v) is 6.81. The molecule has 2 aromatic heterocycles. The number of fused-ring (bicyclic) bond motifs is 1. The van der Waals surface area contributed by atoms with Gasteiger partial charge in [-0.05, 0) is 41.5 Å². The van der Waals surface area contributed by atoms with Crippen molar-refractivity contribution in [3.05, 3.63) is 34.0 Å². The Labute approximate surface area is 129 Å². The Bertz CT molecular complexity index is 624. The van der Waals surface area contributed by atoms with Crippen molar-refractivity contribution in [2.24, 2.45) is 5.92 Å². The van der Waals surface area contributed by atoms with Crippen LogP contribution in [0.5, 0.6) is 5.88 Å². The average Bonchev–Trinajstić information content (AvgIpc) is 2.93. The van der Waals surface area contributed by atoms with E-state index in [0.29, 0.717) is 24.1 Å². The van der Waals surface area contributed by atoms with Gasteiger partial charge in [-0.3, -0.25) is 0 Å². The van der Waals surface area contributed by atoms with Crippen molar-refractivity contribution in [2.75, 3.05) is 23.8 Å². The van der Waals surface area contributed by atoms with Crippen molar-refractivity contribution in [3.63, 3.8) is 0 Å². The number of nitrogens with two attached hydrogens (primary N) is 1. The molecule has 1 aliphatic rings. The normalized spacial score (nSPS) is 14.3. The largest absolute Gasteiger partial charge is 0.476 e. The maximum absolute atomic E-state index is 5.96. The molecule has 0 amide bonds. The van der Waals surface area contributed by atoms with E-state index in [9.17, 15) is 0 Å². The Morgan fingerprint density at radius 1 is 1.38 bits per heavy atom. The number of pyridine rings is 1. The van der Waals surface area contributed by atoms with Crippen molar-refractivity contribution in [3.8, 4) is 5.88 Å². The lowest BCUT2D eigenvalue weighted by Gasteiger charge is -2.28. The van der Waals surface area contributed by atoms with Crippen LogP contribution >= 0.6 is 11.3 Å². The molecular weight excluding hydrogens is 282 g/mol. The highest BCUT2D eigenvalue weighted by Crippen LogP contribution is 2.29. The van der Waals surface area contributed by atoms with Gasteiger partial charge in [-0.15, -0.1) is 11.3 Å². The molecule has 112 valence electrons. The van der Waals surface area contributed by atoms with Crippen molar-refractivity contribution >= 4 is 22.8 Å². The van der Waals surface area contributed by atoms with Gasteiger partial charge in [-0.1, -0.05) is 13.8 Å². The summed E-state index contributed by atoms with van der Waals surface area (Å²) in [6.07, 6.45) is 1.08. The summed E-state index contributed by atoms with van der Waals surface area (Å²) in [6, 6.07) is 6.08. The monoisotopic (exact) mass is 303 g/mol. The lowest BCUT2D eigenvalue weighted by molar-refractivity contribution is 0.263. The van der Waals surface area contributed by atoms with Gasteiger partial charge in [-0.2, -0.15) is 4.98 Å². The van der Waals surface area contributed by atoms with E-state index in [0.717, 1.165) is 25.3 Å². The number of aromatic nitrogens is 1. The van der Waals surface area contributed by atoms with Gasteiger partial charge in [0.1, 0.15) is 5.82 Å². The molecule has 4 nitrogen and oxygen atoms in total. The van der Waals surface area contributed by atoms with E-state index in [4.69, 9.17) is 10.5 Å². The second kappa shape index (κ2) is 5.93. The van der Waals surface area contributed by atoms with Gasteiger partial charge in [0.15, 0.2) is 0 Å². The molecule has 21 heavy (non-hydrogen) atoms. The van der Waals surface area contributed by atoms with E-state index in [1.807, 2.05) is 23.5 Å². The number of thiophene rings is 1. The Balaban J connectivity index is 1.78. The molecule has 0 unspecified atom stereocenters. The fraction of sp³-hybridized carbons (Fsp3) is 0.438. The third kappa shape index (κ3) is 3.13. The quantitative estimate of drug-likeness (QED) is 0.941. The minimum absolute atomic E-state index is 0.457. The van der Waals surface area contributed by atoms with Crippen molar-refractivity contribution in [1.29, 1.82) is 0 Å². The molecule has 0 saturated heterocycles. The summed E-state index contributed by atoms with van der Waals surface area (Å²) < 4.78 is 5.72. The summed E-state index contributed by atoms with van der Waals surface area (Å²) in [5.41, 5.74) is 7.98. The van der Waals surface area contributed by atoms with Crippen LogP contribution in [0.2, 0.25) is 0 Å². The Morgan fingerprint density at radius 2 is 2.24 bits per heavy atom. The highest BCUT2D eigenvalue weighted by Gasteiger charge is 2.19. The van der Waals surface area contributed by atoms with Crippen LogP contribution in [0.1, 0.15) is 24.3 Å². The zero-order valence-electron chi connectivity index (χ0n) is 12.5. The van der Waals surface area contributed by atoms with Gasteiger partial charge < -0.3 is 15.4 Å². The molecule has 0 aliphatic carbocycles. The Kier molecular flexibility index (Phi) is 4.01. The van der Waals surface area contributed by atoms with Crippen LogP contribution in [-0.4, -0.2) is 18.1 Å². The van der Waals surface area contributed by atoms with Crippen LogP contribution in [0.4, 0.5) is 11.5 Å². The highest BCUT2D eigenvalue weighted by atomic mass is 32.1. The average molecular weight is 303 g/mol. The summed E-state index contributed by atoms with van der Waals surface area (Å²) in [7, 11) is 0. The van der Waals surface area contributed by atoms with Crippen molar-refractivity contribution in [2.45, 2.75) is 26.8 Å². The smallest absolute Gasteiger partial charge is 0.239 e. The summed E-state index contributed by atoms with van der Waals surface area (Å²) in [6.45, 7) is 6.77. The molecule has 0 saturated carbocycles. The van der Waals surface area contributed by atoms with Crippen LogP contribution < -0.4 is 15.4 Å². The van der Waals surface area contributed by atoms with Gasteiger partial charge >= 0.3 is 0 Å². The molecule has 0 atom stereocenters. The molecule has 5 heteroatoms. The van der Waals surface area contributed by atoms with Crippen molar-refractivity contribution in [1.82, 2.24) is 4.98 Å². The van der Waals surface area contributed by atoms with Gasteiger partial charge in [0, 0.05) is 18.0 Å². The van der Waals surface area contributed by atoms with Crippen molar-refractivity contribution < 1.29 is 4.74 Å². The van der Waals surface area contributed by atoms with E-state index in [2.05, 4.69) is 35.2 Å². The fourth-order valence-electron chi connectivity index (χ4n) is 2.42. The zero-order chi connectivity index (χ0) is 14.8. The number of hydrogen-bond donors (Lipinski definition) is 1. The molecular formula is C16H21N3OS. The van der Waals surface area contributed by atoms with E-state index in [-0.39, 0.29) is 0 Å². The van der Waals surface area contributed by atoms with Crippen LogP contribution in [-0.2, 0) is 13.0 Å². The zero-order valence-corrected chi connectivity index (χ0v) is 13.3. The number of hydrogen-bond acceptors (Lipinski definition) is 5. The predicted molar refractivity (Wildman–Crippen MR) is 88.1 cm³/mol. The lowest BCUT2D eigenvalue weighted by Crippen LogP contribution is -2.30. The molecule has 0 spiro atoms. The molecule has 0 aromatic carbocycles. The number of rotatable bonds is 4. The van der Waals surface area contributed by atoms with Gasteiger partial charge in [-0.25, -0.2) is 0 Å². The fourth-order valence-corrected chi connectivity index (χ4v) is 3.31. The maximum Gasteiger partial charge on any atom is 0.239 e. The first-order valence-corrected chi connectivity index (χ1v) is 8.21. The van der Waals surface area contributed by atoms with Gasteiger partial charge in [0.25, 0.3) is 0 Å². The van der Waals surface area contributed by atoms with E-state index in [1.54, 1.807) is 0 Å². The van der Waals surface area contributed by atoms with E-state index in [1.165, 1.54) is 10.4 Å². The predicted octanol–water partition coefficient (Wildman–Crippen LogP) is 3.32. The molecule has 3 rings (SSSR count). The topological polar surface area (TPSA) is 51.4 Å². The molecule has 3 heterocycles. The van der Waals surface area contributed by atoms with Crippen LogP contribution in [0.25, 0.3) is 0 Å². The highest BCUT2D eigenvalue weighted by molar-refractivity contribution is 7.10. The number of ether oxygens (including phenoxy) is 1. The molecule has 1 aliphatic heterocycles. The molecule has 2 N–H and O–H groups in total. The summed E-state index contributed by atoms with van der Waals surface area (Å²) in [5.74, 6) is 1.95. The summed E-state index contributed by atoms with van der Waals surface area (Å²) in [4.78, 5) is 8.39. The standard InChI is InChI=1S/C16H21N3OS/c1-11(2)10-20-16-13(17)3-4-15(18-16)19-7-5-14-12(9-19)6-8-21-14/h3-4,6,8,11H,5,7,9-10,17H2,1-2H3. The van der Waals surface area contributed by atoms with E-state index < -0.39 is 0 Å². The Morgan fingerprint density at radius 3 is 3.05 bits per heavy atom. The first-order chi connectivity index (χ1) is 10.1. The summed E-state index contributed by atoms with van der Waals surface area (Å²) in [5, 5.41) is 2.17. The van der Waals surface area contributed by atoms with E-state index >= 15 is 0 Å². The number of nitrogen functional groups attached to an aromatic ring is 1. The first kappa shape index (κ1) is 14.2. The molecule has 0 fully saturated rings. The third-order valence-corrected chi connectivity index (χ3v) is 4.58. The molecule has 0 bridgehead atoms. The van der Waals surface area contributed by atoms with Crippen LogP contribution in [0, 0.1) is 5.92 Å². The SMILES string of the molecule is CC(C)COc1nc(N2CCc3sccc3C2)ccc1N. The summed E-state index contributed by atoms with van der Waals surface area (Å²) >= 11 is 1.85. The van der Waals surface area contributed by atoms with Gasteiger partial charge in [0.2, 0.25) is 5.88 Å². The maximum atomic E-state index is 5.96. The Hall–Kier alpha value is -1.75.